The van der Waals surface area contributed by atoms with E-state index in [-0.39, 0.29) is 37.3 Å². The maximum absolute atomic E-state index is 13.9. The van der Waals surface area contributed by atoms with Crippen LogP contribution in [0.15, 0.2) is 51.7 Å². The molecule has 4 amide bonds. The number of benzene rings is 2. The highest BCUT2D eigenvalue weighted by Crippen LogP contribution is 2.30. The average Bonchev–Trinajstić information content (AvgIpc) is 3.80. The number of amides is 4. The lowest BCUT2D eigenvalue weighted by Gasteiger charge is -2.32. The van der Waals surface area contributed by atoms with Crippen LogP contribution in [0.4, 0.5) is 17.1 Å². The van der Waals surface area contributed by atoms with E-state index in [0.29, 0.717) is 42.4 Å². The summed E-state index contributed by atoms with van der Waals surface area (Å²) in [6.07, 6.45) is 1.52. The molecule has 0 radical (unpaired) electrons. The lowest BCUT2D eigenvalue weighted by atomic mass is 10.0. The fraction of sp³-hybridized carbons (Fsp3) is 0.406. The first-order valence-corrected chi connectivity index (χ1v) is 16.1. The second kappa shape index (κ2) is 15.2. The molecule has 1 aromatic heterocycles. The number of nitrogens with two attached hydrogens (primary N) is 1. The van der Waals surface area contributed by atoms with Gasteiger partial charge in [0.25, 0.3) is 17.3 Å². The predicted molar refractivity (Wildman–Crippen MR) is 178 cm³/mol. The molecule has 4 atom stereocenters. The van der Waals surface area contributed by atoms with Crippen LogP contribution in [0.3, 0.4) is 0 Å². The molecule has 4 unspecified atom stereocenters. The number of ether oxygens (including phenoxy) is 1. The highest BCUT2D eigenvalue weighted by molar-refractivity contribution is 5.95. The van der Waals surface area contributed by atoms with Crippen LogP contribution in [0.5, 0.6) is 5.75 Å². The summed E-state index contributed by atoms with van der Waals surface area (Å²) < 4.78 is 10.5. The number of likely N-dealkylation sites (tertiary alicyclic amines) is 2. The quantitative estimate of drug-likeness (QED) is 0.102. The zero-order valence-electron chi connectivity index (χ0n) is 27.6. The van der Waals surface area contributed by atoms with Gasteiger partial charge in [0.2, 0.25) is 17.7 Å². The van der Waals surface area contributed by atoms with Crippen LogP contribution in [0, 0.1) is 20.2 Å². The fourth-order valence-corrected chi connectivity index (χ4v) is 6.49. The van der Waals surface area contributed by atoms with E-state index in [0.717, 1.165) is 12.1 Å². The smallest absolute Gasteiger partial charge is 0.336 e. The van der Waals surface area contributed by atoms with E-state index in [2.05, 4.69) is 16.4 Å². The fourth-order valence-electron chi connectivity index (χ4n) is 6.49. The Morgan fingerprint density at radius 2 is 1.73 bits per heavy atom. The molecule has 2 saturated heterocycles. The molecular formula is C32H37N8O11+. The van der Waals surface area contributed by atoms with Crippen molar-refractivity contribution < 1.29 is 43.9 Å². The van der Waals surface area contributed by atoms with E-state index in [1.54, 1.807) is 12.1 Å². The minimum atomic E-state index is -1.22. The lowest BCUT2D eigenvalue weighted by Crippen LogP contribution is -2.71. The Balaban J connectivity index is 1.25. The number of hydrogen-bond acceptors (Lipinski definition) is 12. The number of rotatable bonds is 13. The molecule has 270 valence electrons. The summed E-state index contributed by atoms with van der Waals surface area (Å²) in [7, 11) is 1.46. The van der Waals surface area contributed by atoms with Gasteiger partial charge in [-0.1, -0.05) is 0 Å². The zero-order valence-corrected chi connectivity index (χ0v) is 27.6. The van der Waals surface area contributed by atoms with Gasteiger partial charge in [-0.25, -0.2) is 4.79 Å². The van der Waals surface area contributed by atoms with Crippen molar-refractivity contribution in [1.82, 2.24) is 15.1 Å². The van der Waals surface area contributed by atoms with Gasteiger partial charge in [-0.05, 0) is 49.4 Å². The third kappa shape index (κ3) is 7.88. The van der Waals surface area contributed by atoms with Crippen LogP contribution in [0.2, 0.25) is 0 Å². The van der Waals surface area contributed by atoms with Crippen LogP contribution in [0.1, 0.15) is 31.2 Å². The van der Waals surface area contributed by atoms with Crippen LogP contribution in [-0.4, -0.2) is 94.2 Å². The molecule has 2 aliphatic rings. The molecule has 2 fully saturated rings. The van der Waals surface area contributed by atoms with Crippen molar-refractivity contribution in [3.8, 4) is 5.75 Å². The van der Waals surface area contributed by atoms with Crippen LogP contribution < -0.4 is 32.5 Å². The first kappa shape index (κ1) is 36.2. The molecule has 3 heterocycles. The first-order valence-electron chi connectivity index (χ1n) is 16.1. The van der Waals surface area contributed by atoms with Crippen molar-refractivity contribution in [2.75, 3.05) is 32.1 Å². The number of nitro benzene ring substituents is 2. The number of fused-ring (bicyclic) bond motifs is 1. The summed E-state index contributed by atoms with van der Waals surface area (Å²) in [4.78, 5) is 89.5. The van der Waals surface area contributed by atoms with E-state index in [9.17, 15) is 44.2 Å². The number of anilines is 1. The van der Waals surface area contributed by atoms with Gasteiger partial charge in [0, 0.05) is 43.1 Å². The molecule has 51 heavy (non-hydrogen) atoms. The predicted octanol–water partition coefficient (Wildman–Crippen LogP) is -0.165. The first-order chi connectivity index (χ1) is 24.3. The van der Waals surface area contributed by atoms with E-state index >= 15 is 0 Å². The Bertz CT molecular complexity index is 1950. The number of hydrogen-bond donors (Lipinski definition) is 4. The number of methoxy groups -OCH3 is 1. The summed E-state index contributed by atoms with van der Waals surface area (Å²) >= 11 is 0. The summed E-state index contributed by atoms with van der Waals surface area (Å²) in [6, 6.07) is 5.09. The van der Waals surface area contributed by atoms with E-state index in [4.69, 9.17) is 14.9 Å². The van der Waals surface area contributed by atoms with Gasteiger partial charge >= 0.3 is 5.63 Å². The number of quaternary nitrogens is 1. The van der Waals surface area contributed by atoms with Crippen LogP contribution in [-0.2, 0) is 25.6 Å². The van der Waals surface area contributed by atoms with Gasteiger partial charge < -0.3 is 41.1 Å². The van der Waals surface area contributed by atoms with Gasteiger partial charge in [0.1, 0.15) is 35.1 Å². The number of nitrogens with one attached hydrogen (secondary N) is 2. The monoisotopic (exact) mass is 709 g/mol. The van der Waals surface area contributed by atoms with Gasteiger partial charge in [0.15, 0.2) is 6.04 Å². The molecule has 0 spiro atoms. The number of primary amides is 1. The summed E-state index contributed by atoms with van der Waals surface area (Å²) in [5.41, 5.74) is 8.46. The molecule has 19 nitrogen and oxygen atoms in total. The normalized spacial score (nSPS) is 18.2. The molecule has 2 aliphatic heterocycles. The number of nitrogens with zero attached hydrogens (tertiary/aromatic N) is 4. The molecule has 0 bridgehead atoms. The van der Waals surface area contributed by atoms with Crippen molar-refractivity contribution in [3.63, 3.8) is 0 Å². The zero-order chi connectivity index (χ0) is 37.0. The number of carbonyl (C=O) groups excluding carboxylic acids is 4. The Hall–Kier alpha value is -6.11. The van der Waals surface area contributed by atoms with E-state index < -0.39 is 74.6 Å². The molecule has 2 aromatic carbocycles. The Kier molecular flexibility index (Phi) is 10.8. The molecule has 7 N–H and O–H groups in total. The van der Waals surface area contributed by atoms with Crippen molar-refractivity contribution in [2.45, 2.75) is 56.3 Å². The Morgan fingerprint density at radius 3 is 2.39 bits per heavy atom. The summed E-state index contributed by atoms with van der Waals surface area (Å²) in [5, 5.41) is 28.5. The molecular weight excluding hydrogens is 672 g/mol. The maximum Gasteiger partial charge on any atom is 0.336 e. The molecule has 5 rings (SSSR count). The van der Waals surface area contributed by atoms with Gasteiger partial charge in [-0.2, -0.15) is 0 Å². The van der Waals surface area contributed by atoms with Gasteiger partial charge in [-0.15, -0.1) is 0 Å². The number of non-ortho nitro benzene ring substituents is 1. The summed E-state index contributed by atoms with van der Waals surface area (Å²) in [6.45, 7) is 0.324. The average molecular weight is 710 g/mol. The highest BCUT2D eigenvalue weighted by atomic mass is 16.6. The van der Waals surface area contributed by atoms with Crippen LogP contribution >= 0.6 is 0 Å². The summed E-state index contributed by atoms with van der Waals surface area (Å²) in [5.74, 6) is -1.95. The Labute approximate surface area is 289 Å². The maximum atomic E-state index is 13.9. The standard InChI is InChI=1S/C32H36N8O11/c1-50-19-7-8-20-17(13-28(41)51-27(20)15-19)12-23(29(34)42)36-30(43)24-4-2-10-37(24)32(45)25-5-3-11-38(25)31(44)21(33)16-35-22-9-6-18(39(46)47)14-26(22)40(48)49/h6-9,13-15,21,23-25,35H,2-5,10-12,16,33H2,1H3,(H2,34,42)(H,36,43)/p+1. The van der Waals surface area contributed by atoms with Gasteiger partial charge in [-0.3, -0.25) is 39.4 Å². The van der Waals surface area contributed by atoms with E-state index in [1.165, 1.54) is 35.1 Å². The number of carbonyl (C=O) groups is 4. The van der Waals surface area contributed by atoms with E-state index in [1.807, 2.05) is 0 Å². The van der Waals surface area contributed by atoms with Crippen molar-refractivity contribution >= 4 is 51.7 Å². The third-order valence-electron chi connectivity index (χ3n) is 9.06. The second-order valence-corrected chi connectivity index (χ2v) is 12.3. The lowest BCUT2D eigenvalue weighted by molar-refractivity contribution is -0.401. The highest BCUT2D eigenvalue weighted by Gasteiger charge is 2.44. The molecule has 19 heteroatoms. The molecule has 0 aliphatic carbocycles. The third-order valence-corrected chi connectivity index (χ3v) is 9.06. The minimum Gasteiger partial charge on any atom is -0.497 e. The SMILES string of the molecule is COc1ccc2c(CC(NC(=O)C3CCCN3C(=O)C3CCCN3C(=O)C([NH3+])CNc3ccc([N+](=O)[O-])cc3[N+](=O)[O-])C(N)=O)cc(=O)oc2c1. The van der Waals surface area contributed by atoms with Crippen molar-refractivity contribution in [3.05, 3.63) is 78.7 Å². The molecule has 3 aromatic rings. The topological polar surface area (TPSA) is 278 Å². The number of nitro groups is 2. The van der Waals surface area contributed by atoms with Crippen LogP contribution in [0.25, 0.3) is 11.0 Å². The van der Waals surface area contributed by atoms with Gasteiger partial charge in [0.05, 0.1) is 29.6 Å². The van der Waals surface area contributed by atoms with Crippen molar-refractivity contribution in [1.29, 1.82) is 0 Å². The second-order valence-electron chi connectivity index (χ2n) is 12.3. The van der Waals surface area contributed by atoms with Crippen molar-refractivity contribution in [2.24, 2.45) is 5.73 Å². The minimum absolute atomic E-state index is 0.0366. The largest absolute Gasteiger partial charge is 0.497 e. The Morgan fingerprint density at radius 1 is 1.02 bits per heavy atom. The molecule has 0 saturated carbocycles.